The van der Waals surface area contributed by atoms with E-state index in [1.807, 2.05) is 60.7 Å². The molecule has 0 aliphatic heterocycles. The molecule has 142 valence electrons. The van der Waals surface area contributed by atoms with Crippen LogP contribution >= 0.6 is 0 Å². The topological polar surface area (TPSA) is 65.5 Å². The van der Waals surface area contributed by atoms with Crippen LogP contribution in [0.25, 0.3) is 0 Å². The lowest BCUT2D eigenvalue weighted by Crippen LogP contribution is -2.15. The molecular formula is C23H21NO4. The van der Waals surface area contributed by atoms with Gasteiger partial charge in [0.15, 0.2) is 0 Å². The molecule has 2 atom stereocenters. The highest BCUT2D eigenvalue weighted by Crippen LogP contribution is 2.19. The Labute approximate surface area is 164 Å². The van der Waals surface area contributed by atoms with Crippen molar-refractivity contribution in [3.63, 3.8) is 0 Å². The maximum Gasteiger partial charge on any atom is 0.357 e. The molecule has 3 rings (SSSR count). The first-order valence-corrected chi connectivity index (χ1v) is 9.03. The highest BCUT2D eigenvalue weighted by atomic mass is 16.5. The van der Waals surface area contributed by atoms with Gasteiger partial charge in [0.25, 0.3) is 0 Å². The summed E-state index contributed by atoms with van der Waals surface area (Å²) in [5.74, 6) is -1.19. The molecule has 5 nitrogen and oxygen atoms in total. The van der Waals surface area contributed by atoms with E-state index >= 15 is 0 Å². The van der Waals surface area contributed by atoms with Gasteiger partial charge in [-0.3, -0.25) is 0 Å². The largest absolute Gasteiger partial charge is 0.453 e. The fraction of sp³-hybridized carbons (Fsp3) is 0.174. The number of aromatic nitrogens is 1. The van der Waals surface area contributed by atoms with Gasteiger partial charge in [0, 0.05) is 0 Å². The summed E-state index contributed by atoms with van der Waals surface area (Å²) >= 11 is 0. The van der Waals surface area contributed by atoms with Gasteiger partial charge < -0.3 is 9.47 Å². The molecule has 28 heavy (non-hydrogen) atoms. The molecule has 0 fully saturated rings. The predicted octanol–water partition coefficient (Wildman–Crippen LogP) is 4.92. The third-order valence-electron chi connectivity index (χ3n) is 4.27. The van der Waals surface area contributed by atoms with Gasteiger partial charge in [-0.25, -0.2) is 14.6 Å². The number of carbonyl (C=O) groups is 2. The zero-order valence-electron chi connectivity index (χ0n) is 15.7. The van der Waals surface area contributed by atoms with E-state index in [1.165, 1.54) is 12.1 Å². The fourth-order valence-corrected chi connectivity index (χ4v) is 2.69. The molecule has 0 spiro atoms. The average molecular weight is 375 g/mol. The second kappa shape index (κ2) is 8.95. The van der Waals surface area contributed by atoms with Crippen molar-refractivity contribution in [2.24, 2.45) is 0 Å². The van der Waals surface area contributed by atoms with Crippen molar-refractivity contribution in [1.82, 2.24) is 4.98 Å². The van der Waals surface area contributed by atoms with Crippen LogP contribution in [0.4, 0.5) is 0 Å². The summed E-state index contributed by atoms with van der Waals surface area (Å²) in [6.45, 7) is 3.57. The first-order valence-electron chi connectivity index (χ1n) is 9.03. The molecule has 0 unspecified atom stereocenters. The lowest BCUT2D eigenvalue weighted by atomic mass is 10.1. The number of ether oxygens (including phenoxy) is 2. The minimum Gasteiger partial charge on any atom is -0.453 e. The monoisotopic (exact) mass is 375 g/mol. The van der Waals surface area contributed by atoms with Gasteiger partial charge in [-0.15, -0.1) is 0 Å². The third-order valence-corrected chi connectivity index (χ3v) is 4.27. The summed E-state index contributed by atoms with van der Waals surface area (Å²) in [5, 5.41) is 0. The number of pyridine rings is 1. The minimum absolute atomic E-state index is 0.0598. The van der Waals surface area contributed by atoms with Crippen molar-refractivity contribution in [3.05, 3.63) is 101 Å². The third kappa shape index (κ3) is 4.82. The second-order valence-electron chi connectivity index (χ2n) is 6.32. The summed E-state index contributed by atoms with van der Waals surface area (Å²) in [6, 6.07) is 23.4. The summed E-state index contributed by atoms with van der Waals surface area (Å²) < 4.78 is 10.9. The zero-order chi connectivity index (χ0) is 19.9. The average Bonchev–Trinajstić information content (AvgIpc) is 2.75. The van der Waals surface area contributed by atoms with Crippen molar-refractivity contribution in [1.29, 1.82) is 0 Å². The quantitative estimate of drug-likeness (QED) is 0.572. The number of carbonyl (C=O) groups excluding carboxylic acids is 2. The Bertz CT molecular complexity index is 866. The van der Waals surface area contributed by atoms with Crippen LogP contribution in [0.2, 0.25) is 0 Å². The Hall–Kier alpha value is -3.47. The minimum atomic E-state index is -0.595. The fourth-order valence-electron chi connectivity index (χ4n) is 2.69. The van der Waals surface area contributed by atoms with E-state index in [-0.39, 0.29) is 11.4 Å². The first kappa shape index (κ1) is 19.3. The first-order chi connectivity index (χ1) is 13.5. The van der Waals surface area contributed by atoms with Crippen LogP contribution in [-0.2, 0) is 9.47 Å². The van der Waals surface area contributed by atoms with Gasteiger partial charge in [-0.05, 0) is 37.1 Å². The summed E-state index contributed by atoms with van der Waals surface area (Å²) in [5.41, 5.74) is 1.88. The van der Waals surface area contributed by atoms with Crippen molar-refractivity contribution in [2.45, 2.75) is 26.1 Å². The van der Waals surface area contributed by atoms with Gasteiger partial charge in [0.2, 0.25) is 0 Å². The van der Waals surface area contributed by atoms with Crippen molar-refractivity contribution < 1.29 is 19.1 Å². The standard InChI is InChI=1S/C23H21NO4/c1-16(18-10-5-3-6-11-18)27-22(25)20-14-9-15-21(24-20)23(26)28-17(2)19-12-7-4-8-13-19/h3-17H,1-2H3/t16-,17-/m0/s1. The van der Waals surface area contributed by atoms with E-state index in [2.05, 4.69) is 4.98 Å². The van der Waals surface area contributed by atoms with E-state index in [0.29, 0.717) is 0 Å². The van der Waals surface area contributed by atoms with E-state index in [0.717, 1.165) is 11.1 Å². The van der Waals surface area contributed by atoms with Crippen molar-refractivity contribution >= 4 is 11.9 Å². The molecule has 1 aromatic heterocycles. The van der Waals surface area contributed by atoms with E-state index in [1.54, 1.807) is 19.9 Å². The SMILES string of the molecule is C[C@H](OC(=O)c1cccc(C(=O)O[C@@H](C)c2ccccc2)n1)c1ccccc1. The summed E-state index contributed by atoms with van der Waals surface area (Å²) in [7, 11) is 0. The Kier molecular flexibility index (Phi) is 6.17. The Morgan fingerprint density at radius 1 is 0.643 bits per heavy atom. The Balaban J connectivity index is 1.67. The number of hydrogen-bond acceptors (Lipinski definition) is 5. The molecule has 0 aliphatic rings. The molecule has 1 heterocycles. The normalized spacial score (nSPS) is 12.6. The van der Waals surface area contributed by atoms with Gasteiger partial charge in [-0.1, -0.05) is 66.7 Å². The number of rotatable bonds is 6. The molecule has 0 saturated carbocycles. The predicted molar refractivity (Wildman–Crippen MR) is 105 cm³/mol. The Morgan fingerprint density at radius 3 is 1.43 bits per heavy atom. The molecule has 3 aromatic rings. The van der Waals surface area contributed by atoms with Crippen LogP contribution in [0, 0.1) is 0 Å². The smallest absolute Gasteiger partial charge is 0.357 e. The molecule has 0 N–H and O–H groups in total. The summed E-state index contributed by atoms with van der Waals surface area (Å²) in [4.78, 5) is 28.9. The second-order valence-corrected chi connectivity index (χ2v) is 6.32. The van der Waals surface area contributed by atoms with Crippen molar-refractivity contribution in [3.8, 4) is 0 Å². The summed E-state index contributed by atoms with van der Waals surface area (Å²) in [6.07, 6.45) is -0.853. The van der Waals surface area contributed by atoms with Crippen LogP contribution in [0.5, 0.6) is 0 Å². The highest BCUT2D eigenvalue weighted by Gasteiger charge is 2.19. The molecule has 5 heteroatoms. The number of nitrogens with zero attached hydrogens (tertiary/aromatic N) is 1. The van der Waals surface area contributed by atoms with Crippen molar-refractivity contribution in [2.75, 3.05) is 0 Å². The maximum absolute atomic E-state index is 12.4. The number of esters is 2. The van der Waals surface area contributed by atoms with Crippen LogP contribution in [0.1, 0.15) is 58.2 Å². The molecule has 0 amide bonds. The number of benzene rings is 2. The molecular weight excluding hydrogens is 354 g/mol. The van der Waals surface area contributed by atoms with Crippen LogP contribution in [0.3, 0.4) is 0 Å². The van der Waals surface area contributed by atoms with E-state index in [9.17, 15) is 9.59 Å². The highest BCUT2D eigenvalue weighted by molar-refractivity contribution is 5.91. The van der Waals surface area contributed by atoms with Gasteiger partial charge >= 0.3 is 11.9 Å². The van der Waals surface area contributed by atoms with Crippen LogP contribution < -0.4 is 0 Å². The molecule has 0 radical (unpaired) electrons. The lowest BCUT2D eigenvalue weighted by Gasteiger charge is -2.14. The van der Waals surface area contributed by atoms with Crippen LogP contribution in [0.15, 0.2) is 78.9 Å². The maximum atomic E-state index is 12.4. The van der Waals surface area contributed by atoms with E-state index in [4.69, 9.17) is 9.47 Å². The van der Waals surface area contributed by atoms with Crippen LogP contribution in [-0.4, -0.2) is 16.9 Å². The van der Waals surface area contributed by atoms with Gasteiger partial charge in [0.05, 0.1) is 0 Å². The molecule has 0 aliphatic carbocycles. The van der Waals surface area contributed by atoms with Gasteiger partial charge in [0.1, 0.15) is 23.6 Å². The lowest BCUT2D eigenvalue weighted by molar-refractivity contribution is 0.0322. The van der Waals surface area contributed by atoms with Gasteiger partial charge in [-0.2, -0.15) is 0 Å². The zero-order valence-corrected chi connectivity index (χ0v) is 15.7. The molecule has 0 saturated heterocycles. The van der Waals surface area contributed by atoms with E-state index < -0.39 is 24.1 Å². The molecule has 0 bridgehead atoms. The molecule has 2 aromatic carbocycles. The Morgan fingerprint density at radius 2 is 1.04 bits per heavy atom. The number of hydrogen-bond donors (Lipinski definition) is 0.